The van der Waals surface area contributed by atoms with E-state index in [1.54, 1.807) is 26.2 Å². The zero-order valence-corrected chi connectivity index (χ0v) is 11.2. The number of carbonyl (C=O) groups is 2. The van der Waals surface area contributed by atoms with Gasteiger partial charge < -0.3 is 14.6 Å². The van der Waals surface area contributed by atoms with Gasteiger partial charge in [-0.15, -0.1) is 10.2 Å². The van der Waals surface area contributed by atoms with E-state index in [0.29, 0.717) is 11.5 Å². The normalized spacial score (nSPS) is 19.1. The fourth-order valence-electron chi connectivity index (χ4n) is 2.20. The lowest BCUT2D eigenvalue weighted by atomic mass is 10.0. The van der Waals surface area contributed by atoms with Crippen molar-refractivity contribution in [2.75, 3.05) is 25.5 Å². The van der Waals surface area contributed by atoms with Gasteiger partial charge in [-0.3, -0.25) is 4.79 Å². The summed E-state index contributed by atoms with van der Waals surface area (Å²) in [5.74, 6) is 0.483. The van der Waals surface area contributed by atoms with Crippen LogP contribution < -0.4 is 4.90 Å². The molecule has 1 fully saturated rings. The van der Waals surface area contributed by atoms with E-state index in [1.807, 2.05) is 4.90 Å². The summed E-state index contributed by atoms with van der Waals surface area (Å²) in [6.07, 6.45) is 3.91. The van der Waals surface area contributed by atoms with E-state index < -0.39 is 0 Å². The summed E-state index contributed by atoms with van der Waals surface area (Å²) in [6, 6.07) is 3.28. The minimum Gasteiger partial charge on any atom is -0.345 e. The first-order valence-electron chi connectivity index (χ1n) is 6.41. The van der Waals surface area contributed by atoms with Gasteiger partial charge in [-0.2, -0.15) is 0 Å². The minimum absolute atomic E-state index is 0.126. The van der Waals surface area contributed by atoms with Crippen molar-refractivity contribution < 1.29 is 9.59 Å². The Morgan fingerprint density at radius 2 is 2.16 bits per heavy atom. The van der Waals surface area contributed by atoms with Crippen LogP contribution in [0.2, 0.25) is 0 Å². The van der Waals surface area contributed by atoms with Crippen LogP contribution in [-0.4, -0.2) is 54.0 Å². The molecule has 1 saturated heterocycles. The van der Waals surface area contributed by atoms with Gasteiger partial charge in [0.25, 0.3) is 5.91 Å². The smallest absolute Gasteiger partial charge is 0.273 e. The lowest BCUT2D eigenvalue weighted by molar-refractivity contribution is -0.109. The van der Waals surface area contributed by atoms with Gasteiger partial charge in [0.15, 0.2) is 11.5 Å². The predicted molar refractivity (Wildman–Crippen MR) is 71.1 cm³/mol. The van der Waals surface area contributed by atoms with Gasteiger partial charge in [0.05, 0.1) is 6.04 Å². The second kappa shape index (κ2) is 5.77. The zero-order valence-electron chi connectivity index (χ0n) is 11.2. The van der Waals surface area contributed by atoms with E-state index >= 15 is 0 Å². The van der Waals surface area contributed by atoms with Crippen molar-refractivity contribution in [1.82, 2.24) is 15.1 Å². The first kappa shape index (κ1) is 13.5. The van der Waals surface area contributed by atoms with Crippen LogP contribution in [0, 0.1) is 0 Å². The molecule has 2 heterocycles. The van der Waals surface area contributed by atoms with Gasteiger partial charge in [-0.1, -0.05) is 0 Å². The minimum atomic E-state index is -0.176. The molecule has 1 aromatic rings. The maximum Gasteiger partial charge on any atom is 0.273 e. The van der Waals surface area contributed by atoms with Crippen molar-refractivity contribution in [1.29, 1.82) is 0 Å². The summed E-state index contributed by atoms with van der Waals surface area (Å²) >= 11 is 0. The van der Waals surface area contributed by atoms with Crippen LogP contribution >= 0.6 is 0 Å². The molecule has 0 aliphatic carbocycles. The third-order valence-corrected chi connectivity index (χ3v) is 3.28. The molecule has 6 heteroatoms. The molecule has 1 unspecified atom stereocenters. The number of rotatable bonds is 3. The molecule has 6 nitrogen and oxygen atoms in total. The predicted octanol–water partition coefficient (Wildman–Crippen LogP) is 0.736. The molecule has 1 aliphatic rings. The molecule has 1 aliphatic heterocycles. The molecule has 1 atom stereocenters. The summed E-state index contributed by atoms with van der Waals surface area (Å²) in [7, 11) is 3.34. The molecule has 1 aromatic heterocycles. The van der Waals surface area contributed by atoms with E-state index in [-0.39, 0.29) is 11.9 Å². The quantitative estimate of drug-likeness (QED) is 0.751. The van der Waals surface area contributed by atoms with Crippen LogP contribution in [0.25, 0.3) is 0 Å². The van der Waals surface area contributed by atoms with Crippen LogP contribution in [0.5, 0.6) is 0 Å². The zero-order chi connectivity index (χ0) is 13.8. The highest BCUT2D eigenvalue weighted by molar-refractivity contribution is 5.91. The number of carbonyl (C=O) groups excluding carboxylic acids is 2. The standard InChI is InChI=1S/C13H18N4O2/c1-16(2)13(19)11-6-7-12(15-14-11)17-8-4-3-5-10(17)9-18/h6-7,9-10H,3-5,8H2,1-2H3. The van der Waals surface area contributed by atoms with E-state index in [2.05, 4.69) is 10.2 Å². The summed E-state index contributed by atoms with van der Waals surface area (Å²) in [5.41, 5.74) is 0.313. The third-order valence-electron chi connectivity index (χ3n) is 3.28. The van der Waals surface area contributed by atoms with Crippen LogP contribution in [0.15, 0.2) is 12.1 Å². The summed E-state index contributed by atoms with van der Waals surface area (Å²) in [6.45, 7) is 0.805. The molecule has 102 valence electrons. The van der Waals surface area contributed by atoms with Gasteiger partial charge in [-0.05, 0) is 31.4 Å². The summed E-state index contributed by atoms with van der Waals surface area (Å²) in [4.78, 5) is 26.2. The van der Waals surface area contributed by atoms with Crippen molar-refractivity contribution in [3.8, 4) is 0 Å². The molecular weight excluding hydrogens is 244 g/mol. The van der Waals surface area contributed by atoms with Crippen molar-refractivity contribution in [2.24, 2.45) is 0 Å². The summed E-state index contributed by atoms with van der Waals surface area (Å²) < 4.78 is 0. The Balaban J connectivity index is 2.17. The Morgan fingerprint density at radius 1 is 1.37 bits per heavy atom. The molecule has 19 heavy (non-hydrogen) atoms. The number of aromatic nitrogens is 2. The molecule has 1 amide bonds. The Hall–Kier alpha value is -1.98. The highest BCUT2D eigenvalue weighted by atomic mass is 16.2. The Kier molecular flexibility index (Phi) is 4.09. The average Bonchev–Trinajstić information content (AvgIpc) is 2.46. The summed E-state index contributed by atoms with van der Waals surface area (Å²) in [5, 5.41) is 8.02. The molecule has 0 spiro atoms. The van der Waals surface area contributed by atoms with E-state index in [0.717, 1.165) is 32.1 Å². The topological polar surface area (TPSA) is 66.4 Å². The number of hydrogen-bond donors (Lipinski definition) is 0. The van der Waals surface area contributed by atoms with Gasteiger partial charge in [0.1, 0.15) is 6.29 Å². The molecular formula is C13H18N4O2. The Bertz CT molecular complexity index is 458. The average molecular weight is 262 g/mol. The number of piperidine rings is 1. The number of aldehydes is 1. The highest BCUT2D eigenvalue weighted by Crippen LogP contribution is 2.21. The second-order valence-corrected chi connectivity index (χ2v) is 4.87. The monoisotopic (exact) mass is 262 g/mol. The molecule has 2 rings (SSSR count). The van der Waals surface area contributed by atoms with Gasteiger partial charge >= 0.3 is 0 Å². The first-order valence-corrected chi connectivity index (χ1v) is 6.41. The second-order valence-electron chi connectivity index (χ2n) is 4.87. The van der Waals surface area contributed by atoms with Crippen LogP contribution in [0.4, 0.5) is 5.82 Å². The van der Waals surface area contributed by atoms with E-state index in [4.69, 9.17) is 0 Å². The fourth-order valence-corrected chi connectivity index (χ4v) is 2.20. The van der Waals surface area contributed by atoms with Crippen LogP contribution in [0.1, 0.15) is 29.8 Å². The lowest BCUT2D eigenvalue weighted by Crippen LogP contribution is -2.41. The van der Waals surface area contributed by atoms with Crippen molar-refractivity contribution in [3.63, 3.8) is 0 Å². The SMILES string of the molecule is CN(C)C(=O)c1ccc(N2CCCCC2C=O)nn1. The Morgan fingerprint density at radius 3 is 2.74 bits per heavy atom. The molecule has 0 saturated carbocycles. The van der Waals surface area contributed by atoms with E-state index in [1.165, 1.54) is 4.90 Å². The van der Waals surface area contributed by atoms with E-state index in [9.17, 15) is 9.59 Å². The first-order chi connectivity index (χ1) is 9.13. The van der Waals surface area contributed by atoms with Crippen LogP contribution in [0.3, 0.4) is 0 Å². The maximum atomic E-state index is 11.7. The van der Waals surface area contributed by atoms with Gasteiger partial charge in [0, 0.05) is 20.6 Å². The number of anilines is 1. The van der Waals surface area contributed by atoms with Gasteiger partial charge in [0.2, 0.25) is 0 Å². The number of amides is 1. The number of nitrogens with zero attached hydrogens (tertiary/aromatic N) is 4. The Labute approximate surface area is 112 Å². The molecule has 0 bridgehead atoms. The fraction of sp³-hybridized carbons (Fsp3) is 0.538. The molecule has 0 aromatic carbocycles. The highest BCUT2D eigenvalue weighted by Gasteiger charge is 2.23. The third kappa shape index (κ3) is 2.89. The van der Waals surface area contributed by atoms with Crippen molar-refractivity contribution >= 4 is 18.0 Å². The van der Waals surface area contributed by atoms with Crippen molar-refractivity contribution in [3.05, 3.63) is 17.8 Å². The molecule has 0 N–H and O–H groups in total. The maximum absolute atomic E-state index is 11.7. The van der Waals surface area contributed by atoms with Crippen molar-refractivity contribution in [2.45, 2.75) is 25.3 Å². The lowest BCUT2D eigenvalue weighted by Gasteiger charge is -2.32. The largest absolute Gasteiger partial charge is 0.345 e. The number of hydrogen-bond acceptors (Lipinski definition) is 5. The molecule has 0 radical (unpaired) electrons. The van der Waals surface area contributed by atoms with Crippen LogP contribution in [-0.2, 0) is 4.79 Å². The van der Waals surface area contributed by atoms with Gasteiger partial charge in [-0.25, -0.2) is 0 Å².